The molecule has 0 fully saturated rings. The van der Waals surface area contributed by atoms with Crippen LogP contribution in [0, 0.1) is 0 Å². The molecule has 7 heteroatoms. The van der Waals surface area contributed by atoms with Crippen LogP contribution in [0.1, 0.15) is 17.4 Å². The summed E-state index contributed by atoms with van der Waals surface area (Å²) in [5.41, 5.74) is 6.19. The van der Waals surface area contributed by atoms with Crippen molar-refractivity contribution in [2.45, 2.75) is 6.92 Å². The van der Waals surface area contributed by atoms with E-state index in [9.17, 15) is 4.79 Å². The molecule has 7 nitrogen and oxygen atoms in total. The average Bonchev–Trinajstić information content (AvgIpc) is 2.90. The fourth-order valence-electron chi connectivity index (χ4n) is 1.44. The Kier molecular flexibility index (Phi) is 4.09. The van der Waals surface area contributed by atoms with E-state index in [1.54, 1.807) is 25.1 Å². The summed E-state index contributed by atoms with van der Waals surface area (Å²) in [5.74, 6) is 0.381. The van der Waals surface area contributed by atoms with Gasteiger partial charge in [0.25, 0.3) is 0 Å². The van der Waals surface area contributed by atoms with Gasteiger partial charge >= 0.3 is 12.0 Å². The van der Waals surface area contributed by atoms with Gasteiger partial charge in [0.1, 0.15) is 12.0 Å². The highest BCUT2D eigenvalue weighted by molar-refractivity contribution is 5.86. The maximum absolute atomic E-state index is 11.4. The number of carbonyl (C=O) groups is 1. The summed E-state index contributed by atoms with van der Waals surface area (Å²) in [6.45, 7) is 1.96. The number of hydrogen-bond donors (Lipinski definition) is 1. The molecule has 0 atom stereocenters. The van der Waals surface area contributed by atoms with Gasteiger partial charge in [0.05, 0.1) is 19.4 Å². The number of anilines is 1. The van der Waals surface area contributed by atoms with E-state index >= 15 is 0 Å². The molecule has 1 heterocycles. The van der Waals surface area contributed by atoms with Crippen LogP contribution in [0.3, 0.4) is 0 Å². The zero-order valence-electron chi connectivity index (χ0n) is 11.1. The summed E-state index contributed by atoms with van der Waals surface area (Å²) in [7, 11) is 1.54. The lowest BCUT2D eigenvalue weighted by Gasteiger charge is -2.06. The largest absolute Gasteiger partial charge is 0.497 e. The van der Waals surface area contributed by atoms with Gasteiger partial charge < -0.3 is 24.4 Å². The fourth-order valence-corrected chi connectivity index (χ4v) is 1.44. The van der Waals surface area contributed by atoms with Crippen LogP contribution in [0.25, 0.3) is 0 Å². The van der Waals surface area contributed by atoms with Crippen molar-refractivity contribution in [1.29, 1.82) is 0 Å². The molecule has 20 heavy (non-hydrogen) atoms. The van der Waals surface area contributed by atoms with Crippen LogP contribution in [0.5, 0.6) is 17.6 Å². The minimum Gasteiger partial charge on any atom is -0.497 e. The topological polar surface area (TPSA) is 96.8 Å². The molecular weight excluding hydrogens is 264 g/mol. The monoisotopic (exact) mass is 278 g/mol. The second kappa shape index (κ2) is 5.96. The first kappa shape index (κ1) is 13.7. The first-order valence-corrected chi connectivity index (χ1v) is 5.88. The quantitative estimate of drug-likeness (QED) is 0.661. The lowest BCUT2D eigenvalue weighted by atomic mass is 10.3. The van der Waals surface area contributed by atoms with Crippen LogP contribution in [-0.2, 0) is 4.74 Å². The fraction of sp³-hybridized carbons (Fsp3) is 0.231. The molecule has 1 aromatic carbocycles. The summed E-state index contributed by atoms with van der Waals surface area (Å²) in [5, 5.41) is 0. The molecule has 2 aromatic rings. The average molecular weight is 278 g/mol. The zero-order valence-corrected chi connectivity index (χ0v) is 11.1. The number of nitrogen functional groups attached to an aromatic ring is 1. The highest BCUT2D eigenvalue weighted by Gasteiger charge is 2.15. The van der Waals surface area contributed by atoms with Gasteiger partial charge in [0, 0.05) is 6.07 Å². The van der Waals surface area contributed by atoms with E-state index in [-0.39, 0.29) is 18.4 Å². The first-order valence-electron chi connectivity index (χ1n) is 5.88. The smallest absolute Gasteiger partial charge is 0.399 e. The Morgan fingerprint density at radius 2 is 2.25 bits per heavy atom. The van der Waals surface area contributed by atoms with E-state index in [0.29, 0.717) is 17.2 Å². The molecule has 106 valence electrons. The number of methoxy groups -OCH3 is 1. The molecule has 0 saturated carbocycles. The van der Waals surface area contributed by atoms with E-state index in [4.69, 9.17) is 24.4 Å². The summed E-state index contributed by atoms with van der Waals surface area (Å²) < 4.78 is 20.2. The van der Waals surface area contributed by atoms with Gasteiger partial charge in [-0.3, -0.25) is 0 Å². The molecule has 1 aromatic heterocycles. The minimum absolute atomic E-state index is 0.0360. The molecule has 2 rings (SSSR count). The number of ether oxygens (including phenoxy) is 3. The van der Waals surface area contributed by atoms with Gasteiger partial charge in [0.15, 0.2) is 11.4 Å². The van der Waals surface area contributed by atoms with Crippen LogP contribution in [-0.4, -0.2) is 24.7 Å². The summed E-state index contributed by atoms with van der Waals surface area (Å²) in [6.07, 6.45) is 1.07. The summed E-state index contributed by atoms with van der Waals surface area (Å²) in [6, 6.07) is 4.90. The van der Waals surface area contributed by atoms with Crippen molar-refractivity contribution in [1.82, 2.24) is 4.98 Å². The number of nitrogens with zero attached hydrogens (tertiary/aromatic N) is 1. The van der Waals surface area contributed by atoms with Crippen molar-refractivity contribution in [3.05, 3.63) is 30.2 Å². The Morgan fingerprint density at radius 3 is 2.90 bits per heavy atom. The molecule has 0 radical (unpaired) electrons. The standard InChI is InChI=1S/C13H14N2O5/c1-3-18-12(16)10-7-19-13(15-10)20-11-5-4-8(17-2)6-9(11)14/h4-7H,3,14H2,1-2H3. The van der Waals surface area contributed by atoms with Gasteiger partial charge in [-0.2, -0.15) is 4.98 Å². The predicted octanol–water partition coefficient (Wildman–Crippen LogP) is 2.23. The zero-order chi connectivity index (χ0) is 14.5. The SMILES string of the molecule is CCOC(=O)c1coc(Oc2ccc(OC)cc2N)n1. The maximum Gasteiger partial charge on any atom is 0.399 e. The number of hydrogen-bond acceptors (Lipinski definition) is 7. The number of nitrogens with two attached hydrogens (primary N) is 1. The highest BCUT2D eigenvalue weighted by atomic mass is 16.6. The third-order valence-corrected chi connectivity index (χ3v) is 2.38. The van der Waals surface area contributed by atoms with Crippen molar-refractivity contribution in [3.63, 3.8) is 0 Å². The predicted molar refractivity (Wildman–Crippen MR) is 69.9 cm³/mol. The normalized spacial score (nSPS) is 10.1. The van der Waals surface area contributed by atoms with Gasteiger partial charge in [-0.05, 0) is 19.1 Å². The Hall–Kier alpha value is -2.70. The van der Waals surface area contributed by atoms with Gasteiger partial charge in [-0.15, -0.1) is 0 Å². The molecule has 0 unspecified atom stereocenters. The lowest BCUT2D eigenvalue weighted by molar-refractivity contribution is 0.0519. The molecule has 0 saturated heterocycles. The van der Waals surface area contributed by atoms with E-state index in [1.807, 2.05) is 0 Å². The number of carbonyl (C=O) groups excluding carboxylic acids is 1. The molecule has 0 aliphatic carbocycles. The minimum atomic E-state index is -0.575. The van der Waals surface area contributed by atoms with Gasteiger partial charge in [0.2, 0.25) is 0 Å². The maximum atomic E-state index is 11.4. The lowest BCUT2D eigenvalue weighted by Crippen LogP contribution is -2.04. The number of benzene rings is 1. The third-order valence-electron chi connectivity index (χ3n) is 2.38. The molecule has 0 aliphatic heterocycles. The van der Waals surface area contributed by atoms with Crippen molar-refractivity contribution in [2.75, 3.05) is 19.5 Å². The molecule has 0 spiro atoms. The summed E-state index contributed by atoms with van der Waals surface area (Å²) >= 11 is 0. The second-order valence-electron chi connectivity index (χ2n) is 3.72. The van der Waals surface area contributed by atoms with E-state index in [0.717, 1.165) is 6.26 Å². The van der Waals surface area contributed by atoms with Gasteiger partial charge in [-0.25, -0.2) is 4.79 Å². The van der Waals surface area contributed by atoms with E-state index in [1.165, 1.54) is 7.11 Å². The highest BCUT2D eigenvalue weighted by Crippen LogP contribution is 2.30. The van der Waals surface area contributed by atoms with E-state index < -0.39 is 5.97 Å². The van der Waals surface area contributed by atoms with Gasteiger partial charge in [-0.1, -0.05) is 0 Å². The van der Waals surface area contributed by atoms with Crippen molar-refractivity contribution in [2.24, 2.45) is 0 Å². The van der Waals surface area contributed by atoms with Crippen molar-refractivity contribution < 1.29 is 23.4 Å². The Bertz CT molecular complexity index is 609. The Balaban J connectivity index is 2.12. The van der Waals surface area contributed by atoms with Crippen LogP contribution in [0.4, 0.5) is 5.69 Å². The van der Waals surface area contributed by atoms with Crippen molar-refractivity contribution in [3.8, 4) is 17.6 Å². The number of oxazole rings is 1. The first-order chi connectivity index (χ1) is 9.63. The molecule has 0 amide bonds. The number of rotatable bonds is 5. The van der Waals surface area contributed by atoms with Crippen LogP contribution < -0.4 is 15.2 Å². The molecule has 0 bridgehead atoms. The molecule has 0 aliphatic rings. The summed E-state index contributed by atoms with van der Waals surface area (Å²) in [4.78, 5) is 15.3. The Labute approximate surface area is 115 Å². The number of aromatic nitrogens is 1. The van der Waals surface area contributed by atoms with E-state index in [2.05, 4.69) is 4.98 Å². The molecular formula is C13H14N2O5. The van der Waals surface area contributed by atoms with Crippen molar-refractivity contribution >= 4 is 11.7 Å². The van der Waals surface area contributed by atoms with Crippen LogP contribution >= 0.6 is 0 Å². The second-order valence-corrected chi connectivity index (χ2v) is 3.72. The number of esters is 1. The van der Waals surface area contributed by atoms with Crippen LogP contribution in [0.2, 0.25) is 0 Å². The Morgan fingerprint density at radius 1 is 1.45 bits per heavy atom. The van der Waals surface area contributed by atoms with Crippen LogP contribution in [0.15, 0.2) is 28.9 Å². The third kappa shape index (κ3) is 3.00. The molecule has 2 N–H and O–H groups in total.